The van der Waals surface area contributed by atoms with Gasteiger partial charge in [-0.2, -0.15) is 12.2 Å². The molecule has 0 nitrogen and oxygen atoms in total. The third kappa shape index (κ3) is 10.2. The average Bonchev–Trinajstić information content (AvgIpc) is 3.32. The molecular formula is C24H34F2Zr. The van der Waals surface area contributed by atoms with Crippen molar-refractivity contribution in [3.63, 3.8) is 0 Å². The van der Waals surface area contributed by atoms with Gasteiger partial charge in [0.1, 0.15) is 0 Å². The fourth-order valence-corrected chi connectivity index (χ4v) is 4.59. The van der Waals surface area contributed by atoms with Gasteiger partial charge in [-0.25, -0.2) is 23.3 Å². The molecule has 0 atom stereocenters. The Morgan fingerprint density at radius 1 is 0.630 bits per heavy atom. The van der Waals surface area contributed by atoms with Crippen LogP contribution in [0.15, 0.2) is 35.5 Å². The van der Waals surface area contributed by atoms with Crippen molar-refractivity contribution >= 4 is 0 Å². The summed E-state index contributed by atoms with van der Waals surface area (Å²) < 4.78 is 0. The van der Waals surface area contributed by atoms with Crippen molar-refractivity contribution in [2.24, 2.45) is 11.8 Å². The number of halogens is 2. The Bertz CT molecular complexity index is 447. The SMILES string of the molecule is [C-]1=C(CC2CCCCC2)C=CC1.[C-]1=C(CC2CCCCC2)C=CC1.[F-].[F-].[Zr+4]. The van der Waals surface area contributed by atoms with Crippen LogP contribution in [0, 0.1) is 24.0 Å². The molecule has 0 aromatic rings. The number of hydrogen-bond donors (Lipinski definition) is 0. The van der Waals surface area contributed by atoms with Crippen LogP contribution >= 0.6 is 0 Å². The minimum atomic E-state index is 0. The van der Waals surface area contributed by atoms with Gasteiger partial charge in [0.15, 0.2) is 0 Å². The van der Waals surface area contributed by atoms with Crippen LogP contribution in [0.3, 0.4) is 0 Å². The summed E-state index contributed by atoms with van der Waals surface area (Å²) in [6.07, 6.45) is 35.1. The molecule has 0 N–H and O–H groups in total. The van der Waals surface area contributed by atoms with Crippen molar-refractivity contribution in [1.29, 1.82) is 0 Å². The fourth-order valence-electron chi connectivity index (χ4n) is 4.59. The molecule has 4 aliphatic carbocycles. The van der Waals surface area contributed by atoms with Crippen LogP contribution in [0.2, 0.25) is 0 Å². The first kappa shape index (κ1) is 26.7. The Morgan fingerprint density at radius 2 is 1.00 bits per heavy atom. The molecule has 4 aliphatic rings. The Hall–Kier alpha value is -0.297. The second kappa shape index (κ2) is 15.6. The quantitative estimate of drug-likeness (QED) is 0.565. The van der Waals surface area contributed by atoms with E-state index in [0.717, 1.165) is 24.7 Å². The molecule has 0 bridgehead atoms. The molecule has 27 heavy (non-hydrogen) atoms. The van der Waals surface area contributed by atoms with E-state index in [0.29, 0.717) is 0 Å². The van der Waals surface area contributed by atoms with E-state index in [-0.39, 0.29) is 35.6 Å². The van der Waals surface area contributed by atoms with E-state index in [2.05, 4.69) is 36.5 Å². The van der Waals surface area contributed by atoms with E-state index in [9.17, 15) is 0 Å². The monoisotopic (exact) mass is 450 g/mol. The van der Waals surface area contributed by atoms with Gasteiger partial charge in [0.25, 0.3) is 0 Å². The number of rotatable bonds is 4. The van der Waals surface area contributed by atoms with Crippen molar-refractivity contribution < 1.29 is 35.6 Å². The Kier molecular flexibility index (Phi) is 15.4. The Morgan fingerprint density at radius 3 is 1.30 bits per heavy atom. The van der Waals surface area contributed by atoms with E-state index in [1.165, 1.54) is 88.2 Å². The molecule has 0 aromatic heterocycles. The van der Waals surface area contributed by atoms with Crippen LogP contribution < -0.4 is 9.41 Å². The standard InChI is InChI=1S/2C12H17.2FH.Zr/c2*1-2-6-11(7-3-1)10-12-8-4-5-9-12;;;/h2*4,8,11H,1-3,5-7,10H2;2*1H;/q2*-1;;;+4/p-2. The molecule has 148 valence electrons. The van der Waals surface area contributed by atoms with E-state index in [1.54, 1.807) is 0 Å². The number of hydrogen-bond acceptors (Lipinski definition) is 0. The molecule has 4 rings (SSSR count). The van der Waals surface area contributed by atoms with E-state index < -0.39 is 0 Å². The van der Waals surface area contributed by atoms with E-state index >= 15 is 0 Å². The summed E-state index contributed by atoms with van der Waals surface area (Å²) in [6.45, 7) is 0. The topological polar surface area (TPSA) is 0 Å². The Balaban J connectivity index is 0.000000451. The zero-order valence-electron chi connectivity index (χ0n) is 16.6. The summed E-state index contributed by atoms with van der Waals surface area (Å²) in [5, 5.41) is 0. The molecule has 0 spiro atoms. The Labute approximate surface area is 184 Å². The molecule has 0 aromatic carbocycles. The van der Waals surface area contributed by atoms with Gasteiger partial charge in [0, 0.05) is 0 Å². The molecule has 0 heterocycles. The molecule has 0 saturated heterocycles. The number of allylic oxidation sites excluding steroid dienone is 8. The zero-order valence-corrected chi connectivity index (χ0v) is 19.1. The molecule has 3 heteroatoms. The van der Waals surface area contributed by atoms with Gasteiger partial charge in [-0.1, -0.05) is 77.0 Å². The molecule has 0 amide bonds. The molecule has 0 unspecified atom stereocenters. The summed E-state index contributed by atoms with van der Waals surface area (Å²) in [4.78, 5) is 0. The molecular weight excluding hydrogens is 417 g/mol. The molecule has 2 fully saturated rings. The van der Waals surface area contributed by atoms with Crippen LogP contribution in [0.1, 0.15) is 89.9 Å². The maximum absolute atomic E-state index is 3.41. The maximum Gasteiger partial charge on any atom is 4.00 e. The van der Waals surface area contributed by atoms with Crippen LogP contribution in [0.4, 0.5) is 0 Å². The zero-order chi connectivity index (χ0) is 16.5. The third-order valence-corrected chi connectivity index (χ3v) is 6.00. The maximum atomic E-state index is 3.41. The fraction of sp³-hybridized carbons (Fsp3) is 0.667. The molecule has 2 saturated carbocycles. The molecule has 0 aliphatic heterocycles. The van der Waals surface area contributed by atoms with Gasteiger partial charge in [0.05, 0.1) is 0 Å². The van der Waals surface area contributed by atoms with Crippen LogP contribution in [-0.2, 0) is 26.2 Å². The van der Waals surface area contributed by atoms with Gasteiger partial charge < -0.3 is 9.41 Å². The predicted octanol–water partition coefficient (Wildman–Crippen LogP) is 1.30. The van der Waals surface area contributed by atoms with Gasteiger partial charge >= 0.3 is 26.2 Å². The van der Waals surface area contributed by atoms with Crippen molar-refractivity contribution in [1.82, 2.24) is 0 Å². The largest absolute Gasteiger partial charge is 4.00 e. The second-order valence-corrected chi connectivity index (χ2v) is 8.03. The first-order chi connectivity index (χ1) is 11.9. The average molecular weight is 452 g/mol. The minimum Gasteiger partial charge on any atom is -1.00 e. The van der Waals surface area contributed by atoms with Gasteiger partial charge in [-0.05, 0) is 11.8 Å². The summed E-state index contributed by atoms with van der Waals surface area (Å²) in [5.41, 5.74) is 2.95. The second-order valence-electron chi connectivity index (χ2n) is 8.03. The normalized spacial score (nSPS) is 21.8. The third-order valence-electron chi connectivity index (χ3n) is 6.00. The summed E-state index contributed by atoms with van der Waals surface area (Å²) >= 11 is 0. The smallest absolute Gasteiger partial charge is 1.00 e. The van der Waals surface area contributed by atoms with Crippen molar-refractivity contribution in [3.8, 4) is 0 Å². The first-order valence-corrected chi connectivity index (χ1v) is 10.4. The summed E-state index contributed by atoms with van der Waals surface area (Å²) in [7, 11) is 0. The van der Waals surface area contributed by atoms with Crippen molar-refractivity contribution in [2.75, 3.05) is 0 Å². The molecule has 0 radical (unpaired) electrons. The first-order valence-electron chi connectivity index (χ1n) is 10.4. The van der Waals surface area contributed by atoms with E-state index in [4.69, 9.17) is 0 Å². The summed E-state index contributed by atoms with van der Waals surface area (Å²) in [6, 6.07) is 0. The predicted molar refractivity (Wildman–Crippen MR) is 103 cm³/mol. The van der Waals surface area contributed by atoms with Gasteiger partial charge in [0.2, 0.25) is 0 Å². The van der Waals surface area contributed by atoms with Gasteiger partial charge in [-0.3, -0.25) is 12.2 Å². The summed E-state index contributed by atoms with van der Waals surface area (Å²) in [5.74, 6) is 1.95. The van der Waals surface area contributed by atoms with Crippen molar-refractivity contribution in [2.45, 2.75) is 89.9 Å². The van der Waals surface area contributed by atoms with Crippen LogP contribution in [0.5, 0.6) is 0 Å². The van der Waals surface area contributed by atoms with Gasteiger partial charge in [-0.15, -0.1) is 12.8 Å². The van der Waals surface area contributed by atoms with Crippen molar-refractivity contribution in [3.05, 3.63) is 47.6 Å². The van der Waals surface area contributed by atoms with Crippen LogP contribution in [-0.4, -0.2) is 0 Å². The minimum absolute atomic E-state index is 0. The van der Waals surface area contributed by atoms with E-state index in [1.807, 2.05) is 0 Å². The van der Waals surface area contributed by atoms with Crippen LogP contribution in [0.25, 0.3) is 0 Å².